The van der Waals surface area contributed by atoms with E-state index in [1.807, 2.05) is 23.5 Å². The highest BCUT2D eigenvalue weighted by Gasteiger charge is 2.27. The van der Waals surface area contributed by atoms with E-state index in [0.29, 0.717) is 6.54 Å². The molecule has 30 heavy (non-hydrogen) atoms. The molecule has 2 saturated heterocycles. The monoisotopic (exact) mass is 408 g/mol. The summed E-state index contributed by atoms with van der Waals surface area (Å²) in [6.07, 6.45) is 9.66. The van der Waals surface area contributed by atoms with Crippen LogP contribution in [0.1, 0.15) is 25.7 Å². The average molecular weight is 409 g/mol. The van der Waals surface area contributed by atoms with Gasteiger partial charge in [-0.3, -0.25) is 4.98 Å². The van der Waals surface area contributed by atoms with E-state index in [1.165, 1.54) is 5.69 Å². The molecule has 2 amide bonds. The molecule has 5 heterocycles. The minimum absolute atomic E-state index is 0.0460. The number of pyridine rings is 2. The van der Waals surface area contributed by atoms with Crippen molar-refractivity contribution in [2.24, 2.45) is 0 Å². The van der Waals surface area contributed by atoms with Crippen molar-refractivity contribution in [3.8, 4) is 0 Å². The van der Waals surface area contributed by atoms with E-state index in [9.17, 15) is 4.79 Å². The van der Waals surface area contributed by atoms with Gasteiger partial charge in [0.05, 0.1) is 17.8 Å². The number of amides is 2. The number of likely N-dealkylation sites (tertiary alicyclic amines) is 1. The second-order valence-corrected chi connectivity index (χ2v) is 8.25. The summed E-state index contributed by atoms with van der Waals surface area (Å²) in [6.45, 7) is 3.30. The molecule has 0 aliphatic carbocycles. The van der Waals surface area contributed by atoms with Gasteiger partial charge in [0.15, 0.2) is 0 Å². The molecule has 0 radical (unpaired) electrons. The van der Waals surface area contributed by atoms with Crippen molar-refractivity contribution < 1.29 is 9.53 Å². The van der Waals surface area contributed by atoms with Gasteiger partial charge in [0.2, 0.25) is 0 Å². The molecule has 2 N–H and O–H groups in total. The summed E-state index contributed by atoms with van der Waals surface area (Å²) in [5, 5.41) is 5.49. The van der Waals surface area contributed by atoms with Gasteiger partial charge in [-0.1, -0.05) is 0 Å². The van der Waals surface area contributed by atoms with Crippen molar-refractivity contribution in [1.29, 1.82) is 0 Å². The van der Waals surface area contributed by atoms with Crippen molar-refractivity contribution >= 4 is 33.7 Å². The molecule has 8 nitrogen and oxygen atoms in total. The molecule has 0 bridgehead atoms. The third-order valence-electron chi connectivity index (χ3n) is 6.43. The van der Waals surface area contributed by atoms with Gasteiger partial charge in [-0.25, -0.2) is 9.78 Å². The molecular weight excluding hydrogens is 380 g/mol. The predicted molar refractivity (Wildman–Crippen MR) is 117 cm³/mol. The van der Waals surface area contributed by atoms with Gasteiger partial charge in [0.1, 0.15) is 5.65 Å². The number of hydrogen-bond acceptors (Lipinski definition) is 5. The number of fused-ring (bicyclic) bond motifs is 3. The number of rotatable bonds is 3. The van der Waals surface area contributed by atoms with Crippen LogP contribution in [0.15, 0.2) is 30.7 Å². The lowest BCUT2D eigenvalue weighted by atomic mass is 10.0. The van der Waals surface area contributed by atoms with Crippen molar-refractivity contribution in [2.45, 2.75) is 37.8 Å². The maximum atomic E-state index is 12.7. The summed E-state index contributed by atoms with van der Waals surface area (Å²) in [6, 6.07) is 4.41. The summed E-state index contributed by atoms with van der Waals surface area (Å²) in [4.78, 5) is 29.2. The van der Waals surface area contributed by atoms with Crippen LogP contribution in [-0.2, 0) is 4.74 Å². The van der Waals surface area contributed by atoms with Crippen LogP contribution in [0.3, 0.4) is 0 Å². The molecule has 2 aliphatic heterocycles. The third-order valence-corrected chi connectivity index (χ3v) is 6.43. The summed E-state index contributed by atoms with van der Waals surface area (Å²) in [7, 11) is 1.72. The smallest absolute Gasteiger partial charge is 0.317 e. The van der Waals surface area contributed by atoms with Gasteiger partial charge >= 0.3 is 6.03 Å². The minimum atomic E-state index is 0.0460. The largest absolute Gasteiger partial charge is 0.380 e. The molecule has 2 aliphatic rings. The number of urea groups is 1. The van der Waals surface area contributed by atoms with Crippen LogP contribution in [0.2, 0.25) is 0 Å². The number of nitrogens with zero attached hydrogens (tertiary/aromatic N) is 4. The van der Waals surface area contributed by atoms with Crippen molar-refractivity contribution in [2.75, 3.05) is 38.2 Å². The van der Waals surface area contributed by atoms with Crippen LogP contribution in [0.4, 0.5) is 10.5 Å². The molecule has 1 atom stereocenters. The van der Waals surface area contributed by atoms with E-state index in [-0.39, 0.29) is 18.2 Å². The highest BCUT2D eigenvalue weighted by molar-refractivity contribution is 6.09. The molecule has 8 heteroatoms. The van der Waals surface area contributed by atoms with Crippen LogP contribution < -0.4 is 10.2 Å². The summed E-state index contributed by atoms with van der Waals surface area (Å²) in [5.41, 5.74) is 2.98. The van der Waals surface area contributed by atoms with Crippen molar-refractivity contribution in [1.82, 2.24) is 25.2 Å². The van der Waals surface area contributed by atoms with Crippen LogP contribution in [-0.4, -0.2) is 71.3 Å². The zero-order valence-corrected chi connectivity index (χ0v) is 17.3. The Bertz CT molecular complexity index is 1040. The Balaban J connectivity index is 1.26. The summed E-state index contributed by atoms with van der Waals surface area (Å²) in [5.74, 6) is 0. The van der Waals surface area contributed by atoms with Crippen LogP contribution in [0.5, 0.6) is 0 Å². The van der Waals surface area contributed by atoms with E-state index in [4.69, 9.17) is 4.74 Å². The lowest BCUT2D eigenvalue weighted by Crippen LogP contribution is -2.52. The first kappa shape index (κ1) is 19.1. The number of ether oxygens (including phenoxy) is 1. The Morgan fingerprint density at radius 1 is 1.20 bits per heavy atom. The van der Waals surface area contributed by atoms with Crippen LogP contribution in [0.25, 0.3) is 21.9 Å². The average Bonchev–Trinajstić information content (AvgIpc) is 3.28. The summed E-state index contributed by atoms with van der Waals surface area (Å²) < 4.78 is 5.44. The second kappa shape index (κ2) is 8.10. The minimum Gasteiger partial charge on any atom is -0.380 e. The highest BCUT2D eigenvalue weighted by atomic mass is 16.5. The Morgan fingerprint density at radius 2 is 2.07 bits per heavy atom. The second-order valence-electron chi connectivity index (χ2n) is 8.25. The highest BCUT2D eigenvalue weighted by Crippen LogP contribution is 2.32. The van der Waals surface area contributed by atoms with Gasteiger partial charge < -0.3 is 24.8 Å². The number of H-pyrrole nitrogens is 1. The Labute approximate surface area is 175 Å². The SMILES string of the molecule is COC1CCCN(C(=O)NC2CCN(c3ccnc4cnc5[nH]ccc5c34)CC2)C1. The number of nitrogens with one attached hydrogen (secondary N) is 2. The fourth-order valence-corrected chi connectivity index (χ4v) is 4.75. The lowest BCUT2D eigenvalue weighted by molar-refractivity contribution is 0.0428. The standard InChI is InChI=1S/C22H28N6O2/c1-30-16-3-2-10-28(14-16)22(29)26-15-6-11-27(12-7-15)19-5-9-23-18-13-25-21-17(20(18)19)4-8-24-21/h4-5,8-9,13,15-16H,2-3,6-7,10-12,14H2,1H3,(H,24,25)(H,26,29). The first-order chi connectivity index (χ1) is 14.7. The molecule has 0 spiro atoms. The van der Waals surface area contributed by atoms with E-state index in [1.54, 1.807) is 7.11 Å². The summed E-state index contributed by atoms with van der Waals surface area (Å²) >= 11 is 0. The number of aromatic amines is 1. The van der Waals surface area contributed by atoms with E-state index >= 15 is 0 Å². The topological polar surface area (TPSA) is 86.4 Å². The predicted octanol–water partition coefficient (Wildman–Crippen LogP) is 2.90. The molecule has 158 valence electrons. The number of carbonyl (C=O) groups excluding carboxylic acids is 1. The molecule has 5 rings (SSSR count). The molecule has 0 saturated carbocycles. The Morgan fingerprint density at radius 3 is 2.90 bits per heavy atom. The van der Waals surface area contributed by atoms with Crippen LogP contribution >= 0.6 is 0 Å². The maximum absolute atomic E-state index is 12.7. The first-order valence-corrected chi connectivity index (χ1v) is 10.8. The van der Waals surface area contributed by atoms with Gasteiger partial charge in [0, 0.05) is 68.2 Å². The lowest BCUT2D eigenvalue weighted by Gasteiger charge is -2.37. The van der Waals surface area contributed by atoms with Crippen molar-refractivity contribution in [3.05, 3.63) is 30.7 Å². The zero-order chi connectivity index (χ0) is 20.5. The number of aromatic nitrogens is 3. The number of methoxy groups -OCH3 is 1. The van der Waals surface area contributed by atoms with Crippen molar-refractivity contribution in [3.63, 3.8) is 0 Å². The fourth-order valence-electron chi connectivity index (χ4n) is 4.75. The van der Waals surface area contributed by atoms with Crippen LogP contribution in [0, 0.1) is 0 Å². The van der Waals surface area contributed by atoms with Gasteiger partial charge in [-0.15, -0.1) is 0 Å². The number of anilines is 1. The number of hydrogen-bond donors (Lipinski definition) is 2. The van der Waals surface area contributed by atoms with Gasteiger partial charge in [-0.2, -0.15) is 0 Å². The molecule has 3 aromatic heterocycles. The molecule has 0 aromatic carbocycles. The molecule has 2 fully saturated rings. The molecule has 1 unspecified atom stereocenters. The third kappa shape index (κ3) is 3.56. The van der Waals surface area contributed by atoms with Gasteiger partial charge in [0.25, 0.3) is 0 Å². The first-order valence-electron chi connectivity index (χ1n) is 10.8. The number of carbonyl (C=O) groups is 1. The zero-order valence-electron chi connectivity index (χ0n) is 17.3. The quantitative estimate of drug-likeness (QED) is 0.696. The maximum Gasteiger partial charge on any atom is 0.317 e. The Kier molecular flexibility index (Phi) is 5.16. The number of piperidine rings is 2. The fraction of sp³-hybridized carbons (Fsp3) is 0.500. The molecule has 3 aromatic rings. The Hall–Kier alpha value is -2.87. The van der Waals surface area contributed by atoms with Gasteiger partial charge in [-0.05, 0) is 37.8 Å². The van der Waals surface area contributed by atoms with E-state index in [0.717, 1.165) is 67.3 Å². The van der Waals surface area contributed by atoms with E-state index < -0.39 is 0 Å². The molecular formula is C22H28N6O2. The van der Waals surface area contributed by atoms with E-state index in [2.05, 4.69) is 37.3 Å². The normalized spacial score (nSPS) is 20.8.